The van der Waals surface area contributed by atoms with Gasteiger partial charge in [0.05, 0.1) is 12.2 Å². The Hall–Kier alpha value is -3.40. The number of rotatable bonds is 7. The number of aromatic nitrogens is 2. The number of hydrogen-bond acceptors (Lipinski definition) is 8. The third-order valence-corrected chi connectivity index (χ3v) is 8.99. The number of nitrogens with two attached hydrogens (primary N) is 1. The molecule has 228 valence electrons. The molecule has 2 saturated heterocycles. The normalized spacial score (nSPS) is 22.6. The molecule has 1 aliphatic carbocycles. The number of ether oxygens (including phenoxy) is 1. The van der Waals surface area contributed by atoms with Gasteiger partial charge in [0.1, 0.15) is 11.4 Å². The van der Waals surface area contributed by atoms with Crippen molar-refractivity contribution in [2.75, 3.05) is 29.9 Å². The minimum atomic E-state index is -0.640. The lowest BCUT2D eigenvalue weighted by Gasteiger charge is -2.40. The summed E-state index contributed by atoms with van der Waals surface area (Å²) in [5.74, 6) is 0.880. The van der Waals surface area contributed by atoms with Crippen molar-refractivity contribution in [3.05, 3.63) is 41.7 Å². The van der Waals surface area contributed by atoms with E-state index in [1.165, 1.54) is 57.2 Å². The number of likely N-dealkylation sites (tertiary alicyclic amines) is 1. The minimum Gasteiger partial charge on any atom is -0.444 e. The third kappa shape index (κ3) is 7.32. The van der Waals surface area contributed by atoms with E-state index in [1.54, 1.807) is 6.20 Å². The number of nitrogens with zero attached hydrogens (tertiary/aromatic N) is 4. The van der Waals surface area contributed by atoms with Crippen molar-refractivity contribution in [3.8, 4) is 0 Å². The Morgan fingerprint density at radius 3 is 2.31 bits per heavy atom. The Morgan fingerprint density at radius 1 is 0.976 bits per heavy atom. The van der Waals surface area contributed by atoms with E-state index in [2.05, 4.69) is 44.5 Å². The first-order chi connectivity index (χ1) is 20.1. The molecule has 4 N–H and O–H groups in total. The summed E-state index contributed by atoms with van der Waals surface area (Å²) in [5.41, 5.74) is 7.38. The summed E-state index contributed by atoms with van der Waals surface area (Å²) < 4.78 is 5.47. The van der Waals surface area contributed by atoms with Gasteiger partial charge >= 0.3 is 6.09 Å². The fourth-order valence-corrected chi connectivity index (χ4v) is 6.75. The average Bonchev–Trinajstić information content (AvgIpc) is 3.49. The van der Waals surface area contributed by atoms with Gasteiger partial charge < -0.3 is 30.9 Å². The van der Waals surface area contributed by atoms with Gasteiger partial charge in [-0.2, -0.15) is 0 Å². The van der Waals surface area contributed by atoms with Crippen LogP contribution < -0.4 is 21.3 Å². The Labute approximate surface area is 249 Å². The van der Waals surface area contributed by atoms with Crippen LogP contribution in [-0.4, -0.2) is 70.2 Å². The number of anilines is 3. The van der Waals surface area contributed by atoms with Gasteiger partial charge in [-0.15, -0.1) is 0 Å². The number of amides is 2. The van der Waals surface area contributed by atoms with Crippen LogP contribution in [0.25, 0.3) is 0 Å². The molecule has 3 aliphatic rings. The lowest BCUT2D eigenvalue weighted by atomic mass is 9.88. The van der Waals surface area contributed by atoms with Gasteiger partial charge in [0, 0.05) is 24.3 Å². The second kappa shape index (κ2) is 12.9. The lowest BCUT2D eigenvalue weighted by molar-refractivity contribution is 0.0489. The van der Waals surface area contributed by atoms with Crippen LogP contribution in [0.5, 0.6) is 0 Å². The molecule has 1 aromatic carbocycles. The molecule has 3 heterocycles. The smallest absolute Gasteiger partial charge is 0.407 e. The van der Waals surface area contributed by atoms with Crippen molar-refractivity contribution in [1.29, 1.82) is 0 Å². The Morgan fingerprint density at radius 2 is 1.67 bits per heavy atom. The van der Waals surface area contributed by atoms with Crippen molar-refractivity contribution in [2.24, 2.45) is 5.73 Å². The summed E-state index contributed by atoms with van der Waals surface area (Å²) in [6.07, 6.45) is 10.7. The predicted molar refractivity (Wildman–Crippen MR) is 165 cm³/mol. The molecule has 0 radical (unpaired) electrons. The maximum atomic E-state index is 12.4. The first-order valence-electron chi connectivity index (χ1n) is 15.6. The highest BCUT2D eigenvalue weighted by atomic mass is 16.6. The highest BCUT2D eigenvalue weighted by Gasteiger charge is 2.32. The van der Waals surface area contributed by atoms with E-state index in [0.717, 1.165) is 31.1 Å². The average molecular weight is 578 g/mol. The van der Waals surface area contributed by atoms with Crippen molar-refractivity contribution in [2.45, 2.75) is 109 Å². The summed E-state index contributed by atoms with van der Waals surface area (Å²) in [7, 11) is 0. The van der Waals surface area contributed by atoms with Crippen LogP contribution in [0.3, 0.4) is 0 Å². The highest BCUT2D eigenvalue weighted by molar-refractivity contribution is 5.96. The van der Waals surface area contributed by atoms with Gasteiger partial charge in [-0.05, 0) is 103 Å². The van der Waals surface area contributed by atoms with E-state index in [-0.39, 0.29) is 17.8 Å². The molecule has 10 nitrogen and oxygen atoms in total. The molecule has 2 aliphatic heterocycles. The SMILES string of the molecule is C[C@@H]1[C@H](NC(=O)OC(C)(C)C)CCCN1c1cnc(C(N)=O)c(Nc2ccc(C3CCN(C4CCCC4)CC3)cc2)n1. The molecule has 2 amide bonds. The van der Waals surface area contributed by atoms with Crippen LogP contribution in [0.1, 0.15) is 101 Å². The van der Waals surface area contributed by atoms with Crippen LogP contribution in [0.15, 0.2) is 30.5 Å². The highest BCUT2D eigenvalue weighted by Crippen LogP contribution is 2.33. The Kier molecular flexibility index (Phi) is 9.20. The molecular formula is C32H47N7O3. The summed E-state index contributed by atoms with van der Waals surface area (Å²) in [4.78, 5) is 38.7. The Balaban J connectivity index is 1.25. The molecule has 3 fully saturated rings. The number of nitrogens with one attached hydrogen (secondary N) is 2. The fourth-order valence-electron chi connectivity index (χ4n) is 6.75. The number of carbonyl (C=O) groups excluding carboxylic acids is 2. The van der Waals surface area contributed by atoms with E-state index in [1.807, 2.05) is 32.9 Å². The molecule has 0 unspecified atom stereocenters. The molecule has 0 spiro atoms. The van der Waals surface area contributed by atoms with Gasteiger partial charge in [0.25, 0.3) is 5.91 Å². The van der Waals surface area contributed by atoms with Gasteiger partial charge in [-0.1, -0.05) is 25.0 Å². The van der Waals surface area contributed by atoms with Gasteiger partial charge in [-0.3, -0.25) is 4.79 Å². The number of carbonyl (C=O) groups is 2. The lowest BCUT2D eigenvalue weighted by Crippen LogP contribution is -2.55. The van der Waals surface area contributed by atoms with Crippen molar-refractivity contribution in [3.63, 3.8) is 0 Å². The zero-order valence-corrected chi connectivity index (χ0v) is 25.6. The van der Waals surface area contributed by atoms with Crippen LogP contribution in [0, 0.1) is 0 Å². The van der Waals surface area contributed by atoms with E-state index in [9.17, 15) is 9.59 Å². The molecule has 42 heavy (non-hydrogen) atoms. The van der Waals surface area contributed by atoms with E-state index < -0.39 is 17.6 Å². The number of benzene rings is 1. The molecule has 1 aromatic heterocycles. The number of primary amides is 1. The van der Waals surface area contributed by atoms with E-state index in [4.69, 9.17) is 15.5 Å². The van der Waals surface area contributed by atoms with Crippen molar-refractivity contribution < 1.29 is 14.3 Å². The summed E-state index contributed by atoms with van der Waals surface area (Å²) in [5, 5.41) is 6.31. The maximum Gasteiger partial charge on any atom is 0.407 e. The third-order valence-electron chi connectivity index (χ3n) is 8.99. The number of hydrogen-bond donors (Lipinski definition) is 3. The van der Waals surface area contributed by atoms with Gasteiger partial charge in [-0.25, -0.2) is 14.8 Å². The maximum absolute atomic E-state index is 12.4. The van der Waals surface area contributed by atoms with Crippen LogP contribution in [0.4, 0.5) is 22.1 Å². The second-order valence-electron chi connectivity index (χ2n) is 13.1. The number of alkyl carbamates (subject to hydrolysis) is 1. The molecule has 1 saturated carbocycles. The second-order valence-corrected chi connectivity index (χ2v) is 13.1. The Bertz CT molecular complexity index is 1230. The molecule has 5 rings (SSSR count). The quantitative estimate of drug-likeness (QED) is 0.404. The summed E-state index contributed by atoms with van der Waals surface area (Å²) in [6, 6.07) is 9.09. The first-order valence-corrected chi connectivity index (χ1v) is 15.6. The monoisotopic (exact) mass is 577 g/mol. The van der Waals surface area contributed by atoms with Gasteiger partial charge in [0.15, 0.2) is 11.5 Å². The summed E-state index contributed by atoms with van der Waals surface area (Å²) >= 11 is 0. The van der Waals surface area contributed by atoms with Crippen molar-refractivity contribution in [1.82, 2.24) is 20.2 Å². The molecule has 2 atom stereocenters. The van der Waals surface area contributed by atoms with E-state index >= 15 is 0 Å². The molecule has 2 aromatic rings. The van der Waals surface area contributed by atoms with Crippen LogP contribution >= 0.6 is 0 Å². The van der Waals surface area contributed by atoms with Crippen LogP contribution in [0.2, 0.25) is 0 Å². The first kappa shape index (κ1) is 30.1. The number of piperidine rings is 2. The predicted octanol–water partition coefficient (Wildman–Crippen LogP) is 5.32. The van der Waals surface area contributed by atoms with Crippen LogP contribution in [-0.2, 0) is 4.74 Å². The van der Waals surface area contributed by atoms with Gasteiger partial charge in [0.2, 0.25) is 0 Å². The fraction of sp³-hybridized carbons (Fsp3) is 0.625. The topological polar surface area (TPSA) is 126 Å². The molecule has 0 bridgehead atoms. The zero-order valence-electron chi connectivity index (χ0n) is 25.6. The zero-order chi connectivity index (χ0) is 29.9. The van der Waals surface area contributed by atoms with E-state index in [0.29, 0.717) is 17.6 Å². The standard InChI is InChI=1S/C32H47N7O3/c1-21-26(36-31(41)42-32(2,3)4)10-7-17-39(21)27-20-34-28(29(33)40)30(37-27)35-24-13-11-22(12-14-24)23-15-18-38(19-16-23)25-8-5-6-9-25/h11-14,20-21,23,25-26H,5-10,15-19H2,1-4H3,(H2,33,40)(H,35,37)(H,36,41)/t21-,26-/m1/s1. The molecular weight excluding hydrogens is 530 g/mol. The largest absolute Gasteiger partial charge is 0.444 e. The summed E-state index contributed by atoms with van der Waals surface area (Å²) in [6.45, 7) is 10.7. The minimum absolute atomic E-state index is 0.0489. The molecule has 10 heteroatoms. The van der Waals surface area contributed by atoms with Crippen molar-refractivity contribution >= 4 is 29.3 Å².